The number of rotatable bonds is 2. The Balaban J connectivity index is 2.95. The van der Waals surface area contributed by atoms with E-state index >= 15 is 0 Å². The molecule has 1 unspecified atom stereocenters. The molecule has 4 heteroatoms. The Hall–Kier alpha value is -0.960. The highest BCUT2D eigenvalue weighted by molar-refractivity contribution is 6.20. The maximum Gasteiger partial charge on any atom is 0.190 e. The van der Waals surface area contributed by atoms with Crippen LogP contribution in [0.2, 0.25) is 0 Å². The monoisotopic (exact) mass is 173 g/mol. The highest BCUT2D eigenvalue weighted by Crippen LogP contribution is 2.21. The van der Waals surface area contributed by atoms with E-state index in [-0.39, 0.29) is 0 Å². The minimum atomic E-state index is -0.995. The lowest BCUT2D eigenvalue weighted by atomic mass is 10.2. The summed E-state index contributed by atoms with van der Waals surface area (Å²) in [7, 11) is 0. The maximum absolute atomic E-state index is 12.5. The first-order valence-corrected chi connectivity index (χ1v) is 3.39. The lowest BCUT2D eigenvalue weighted by molar-refractivity contribution is 0.625. The van der Waals surface area contributed by atoms with Gasteiger partial charge < -0.3 is 0 Å². The Labute approximate surface area is 68.0 Å². The van der Waals surface area contributed by atoms with Crippen LogP contribution in [0.3, 0.4) is 0 Å². The predicted octanol–water partition coefficient (Wildman–Crippen LogP) is 2.83. The number of nitroso groups, excluding NO2 is 1. The molecule has 0 aliphatic rings. The Kier molecular flexibility index (Phi) is 2.54. The van der Waals surface area contributed by atoms with Crippen molar-refractivity contribution in [1.82, 2.24) is 0 Å². The van der Waals surface area contributed by atoms with Crippen LogP contribution in [0.1, 0.15) is 11.1 Å². The second-order valence-corrected chi connectivity index (χ2v) is 2.41. The molecule has 0 saturated heterocycles. The quantitative estimate of drug-likeness (QED) is 0.384. The van der Waals surface area contributed by atoms with Crippen LogP contribution in [0.5, 0.6) is 0 Å². The number of nitrogens with zero attached hydrogens (tertiary/aromatic N) is 1. The van der Waals surface area contributed by atoms with Crippen LogP contribution in [0.4, 0.5) is 4.39 Å². The van der Waals surface area contributed by atoms with Crippen molar-refractivity contribution >= 4 is 11.6 Å². The van der Waals surface area contributed by atoms with Crippen LogP contribution >= 0.6 is 11.6 Å². The fourth-order valence-electron chi connectivity index (χ4n) is 0.716. The van der Waals surface area contributed by atoms with Crippen LogP contribution in [0.15, 0.2) is 29.4 Å². The minimum absolute atomic E-state index is 0.377. The van der Waals surface area contributed by atoms with Crippen LogP contribution in [0.25, 0.3) is 0 Å². The molecule has 58 valence electrons. The largest absolute Gasteiger partial charge is 0.207 e. The van der Waals surface area contributed by atoms with Gasteiger partial charge >= 0.3 is 0 Å². The van der Waals surface area contributed by atoms with E-state index in [2.05, 4.69) is 5.18 Å². The standard InChI is InChI=1S/C7H5ClFNO/c8-7(10-11)5-2-1-3-6(9)4-5/h1-4,7H. The molecule has 1 aromatic carbocycles. The molecule has 11 heavy (non-hydrogen) atoms. The molecule has 0 N–H and O–H groups in total. The van der Waals surface area contributed by atoms with Crippen LogP contribution in [0, 0.1) is 10.7 Å². The zero-order valence-corrected chi connectivity index (χ0v) is 6.25. The molecule has 0 radical (unpaired) electrons. The van der Waals surface area contributed by atoms with E-state index < -0.39 is 11.3 Å². The topological polar surface area (TPSA) is 29.4 Å². The Morgan fingerprint density at radius 1 is 1.55 bits per heavy atom. The van der Waals surface area contributed by atoms with E-state index in [4.69, 9.17) is 11.6 Å². The van der Waals surface area contributed by atoms with Crippen molar-refractivity contribution in [3.63, 3.8) is 0 Å². The summed E-state index contributed by atoms with van der Waals surface area (Å²) in [6.07, 6.45) is 0. The number of halogens is 2. The van der Waals surface area contributed by atoms with Gasteiger partial charge in [0, 0.05) is 0 Å². The van der Waals surface area contributed by atoms with Gasteiger partial charge in [0.25, 0.3) is 0 Å². The van der Waals surface area contributed by atoms with Gasteiger partial charge in [0.15, 0.2) is 5.50 Å². The normalized spacial score (nSPS) is 12.5. The smallest absolute Gasteiger partial charge is 0.190 e. The fourth-order valence-corrected chi connectivity index (χ4v) is 0.851. The van der Waals surface area contributed by atoms with Crippen molar-refractivity contribution in [2.75, 3.05) is 0 Å². The minimum Gasteiger partial charge on any atom is -0.207 e. The van der Waals surface area contributed by atoms with E-state index in [0.29, 0.717) is 5.56 Å². The summed E-state index contributed by atoms with van der Waals surface area (Å²) in [5.74, 6) is -0.420. The van der Waals surface area contributed by atoms with Crippen molar-refractivity contribution in [3.05, 3.63) is 40.6 Å². The molecule has 0 saturated carbocycles. The first-order chi connectivity index (χ1) is 5.24. The molecule has 2 nitrogen and oxygen atoms in total. The van der Waals surface area contributed by atoms with Crippen molar-refractivity contribution in [1.29, 1.82) is 0 Å². The Morgan fingerprint density at radius 2 is 2.27 bits per heavy atom. The van der Waals surface area contributed by atoms with Gasteiger partial charge in [0.05, 0.1) is 0 Å². The van der Waals surface area contributed by atoms with Gasteiger partial charge in [-0.15, -0.1) is 4.91 Å². The van der Waals surface area contributed by atoms with E-state index in [1.165, 1.54) is 18.2 Å². The van der Waals surface area contributed by atoms with Gasteiger partial charge in [0.2, 0.25) is 0 Å². The molecular formula is C7H5ClFNO. The second-order valence-electron chi connectivity index (χ2n) is 2.00. The van der Waals surface area contributed by atoms with Gasteiger partial charge in [-0.3, -0.25) is 0 Å². The molecule has 1 aromatic rings. The van der Waals surface area contributed by atoms with Crippen molar-refractivity contribution in [3.8, 4) is 0 Å². The maximum atomic E-state index is 12.5. The third-order valence-corrected chi connectivity index (χ3v) is 1.55. The lowest BCUT2D eigenvalue weighted by Crippen LogP contribution is -1.85. The molecule has 0 amide bonds. The SMILES string of the molecule is O=NC(Cl)c1cccc(F)c1. The average molecular weight is 174 g/mol. The van der Waals surface area contributed by atoms with Crippen LogP contribution < -0.4 is 0 Å². The van der Waals surface area contributed by atoms with Gasteiger partial charge in [-0.05, 0) is 22.9 Å². The van der Waals surface area contributed by atoms with Gasteiger partial charge in [-0.25, -0.2) is 4.39 Å². The van der Waals surface area contributed by atoms with Crippen molar-refractivity contribution in [2.24, 2.45) is 5.18 Å². The average Bonchev–Trinajstić information content (AvgIpc) is 2.03. The highest BCUT2D eigenvalue weighted by atomic mass is 35.5. The van der Waals surface area contributed by atoms with Crippen LogP contribution in [-0.4, -0.2) is 0 Å². The van der Waals surface area contributed by atoms with Gasteiger partial charge in [-0.2, -0.15) is 0 Å². The highest BCUT2D eigenvalue weighted by Gasteiger charge is 2.06. The number of alkyl halides is 1. The molecular weight excluding hydrogens is 169 g/mol. The third-order valence-electron chi connectivity index (χ3n) is 1.22. The molecule has 0 aliphatic heterocycles. The van der Waals surface area contributed by atoms with Gasteiger partial charge in [0.1, 0.15) is 5.82 Å². The molecule has 0 aromatic heterocycles. The molecule has 0 aliphatic carbocycles. The van der Waals surface area contributed by atoms with Crippen molar-refractivity contribution in [2.45, 2.75) is 5.50 Å². The first-order valence-electron chi connectivity index (χ1n) is 2.96. The predicted molar refractivity (Wildman–Crippen MR) is 40.8 cm³/mol. The summed E-state index contributed by atoms with van der Waals surface area (Å²) in [5, 5.41) is 2.55. The number of hydrogen-bond donors (Lipinski definition) is 0. The second kappa shape index (κ2) is 3.44. The lowest BCUT2D eigenvalue weighted by Gasteiger charge is -1.98. The fraction of sp³-hybridized carbons (Fsp3) is 0.143. The van der Waals surface area contributed by atoms with Crippen LogP contribution in [-0.2, 0) is 0 Å². The third kappa shape index (κ3) is 1.98. The van der Waals surface area contributed by atoms with E-state index in [1.807, 2.05) is 0 Å². The summed E-state index contributed by atoms with van der Waals surface area (Å²) >= 11 is 5.42. The van der Waals surface area contributed by atoms with E-state index in [9.17, 15) is 9.30 Å². The molecule has 1 rings (SSSR count). The molecule has 0 heterocycles. The zero-order chi connectivity index (χ0) is 8.27. The summed E-state index contributed by atoms with van der Waals surface area (Å²) in [6.45, 7) is 0. The summed E-state index contributed by atoms with van der Waals surface area (Å²) in [6, 6.07) is 5.48. The summed E-state index contributed by atoms with van der Waals surface area (Å²) in [5.41, 5.74) is -0.618. The Bertz CT molecular complexity index is 266. The molecule has 0 spiro atoms. The number of hydrogen-bond acceptors (Lipinski definition) is 2. The first kappa shape index (κ1) is 8.14. The summed E-state index contributed by atoms with van der Waals surface area (Å²) < 4.78 is 12.5. The zero-order valence-electron chi connectivity index (χ0n) is 5.50. The molecule has 0 bridgehead atoms. The van der Waals surface area contributed by atoms with E-state index in [0.717, 1.165) is 0 Å². The Morgan fingerprint density at radius 3 is 2.82 bits per heavy atom. The summed E-state index contributed by atoms with van der Waals surface area (Å²) in [4.78, 5) is 9.91. The number of benzene rings is 1. The molecule has 0 fully saturated rings. The van der Waals surface area contributed by atoms with Gasteiger partial charge in [-0.1, -0.05) is 23.7 Å². The van der Waals surface area contributed by atoms with Crippen molar-refractivity contribution < 1.29 is 4.39 Å². The molecule has 1 atom stereocenters. The van der Waals surface area contributed by atoms with E-state index in [1.54, 1.807) is 6.07 Å².